The number of nitrogens with zero attached hydrogens (tertiary/aromatic N) is 2. The van der Waals surface area contributed by atoms with Gasteiger partial charge in [-0.15, -0.1) is 6.58 Å². The molecule has 178 valence electrons. The number of pyridine rings is 1. The average Bonchev–Trinajstić information content (AvgIpc) is 2.79. The van der Waals surface area contributed by atoms with Crippen LogP contribution in [0.25, 0.3) is 22.6 Å². The van der Waals surface area contributed by atoms with Crippen LogP contribution >= 0.6 is 12.2 Å². The third kappa shape index (κ3) is 7.49. The van der Waals surface area contributed by atoms with Crippen LogP contribution in [0.3, 0.4) is 0 Å². The highest BCUT2D eigenvalue weighted by molar-refractivity contribution is 7.80. The van der Waals surface area contributed by atoms with Gasteiger partial charge >= 0.3 is 0 Å². The summed E-state index contributed by atoms with van der Waals surface area (Å²) in [6, 6.07) is 6.57. The Labute approximate surface area is 203 Å². The van der Waals surface area contributed by atoms with Crippen LogP contribution in [0.5, 0.6) is 0 Å². The van der Waals surface area contributed by atoms with Crippen molar-refractivity contribution in [1.82, 2.24) is 9.88 Å². The Hall–Kier alpha value is -2.54. The van der Waals surface area contributed by atoms with E-state index in [0.717, 1.165) is 40.6 Å². The maximum absolute atomic E-state index is 8.88. The van der Waals surface area contributed by atoms with Gasteiger partial charge in [-0.05, 0) is 79.4 Å². The average molecular weight is 468 g/mol. The second-order valence-electron chi connectivity index (χ2n) is 8.22. The summed E-state index contributed by atoms with van der Waals surface area (Å²) >= 11 is 5.06. The fraction of sp³-hybridized carbons (Fsp3) is 0.407. The molecule has 1 unspecified atom stereocenters. The molecule has 0 saturated heterocycles. The molecule has 0 aliphatic rings. The zero-order chi connectivity index (χ0) is 24.4. The summed E-state index contributed by atoms with van der Waals surface area (Å²) < 4.78 is 5.42. The van der Waals surface area contributed by atoms with Crippen LogP contribution in [0.15, 0.2) is 43.0 Å². The minimum absolute atomic E-state index is 0.0570. The summed E-state index contributed by atoms with van der Waals surface area (Å²) in [5, 5.41) is 10.4. The highest BCUT2D eigenvalue weighted by Gasteiger charge is 2.13. The molecule has 0 saturated carbocycles. The van der Waals surface area contributed by atoms with Gasteiger partial charge in [-0.3, -0.25) is 0 Å². The molecule has 2 rings (SSSR count). The smallest absolute Gasteiger partial charge is 0.166 e. The fourth-order valence-electron chi connectivity index (χ4n) is 3.73. The van der Waals surface area contributed by atoms with Gasteiger partial charge in [0, 0.05) is 31.5 Å². The van der Waals surface area contributed by atoms with E-state index in [1.165, 1.54) is 11.1 Å². The zero-order valence-corrected chi connectivity index (χ0v) is 21.1. The molecule has 0 spiro atoms. The molecule has 6 heteroatoms. The van der Waals surface area contributed by atoms with E-state index in [4.69, 9.17) is 32.8 Å². The summed E-state index contributed by atoms with van der Waals surface area (Å²) in [5.74, 6) is 0.205. The highest BCUT2D eigenvalue weighted by Crippen LogP contribution is 2.30. The van der Waals surface area contributed by atoms with E-state index in [0.29, 0.717) is 24.9 Å². The van der Waals surface area contributed by atoms with Gasteiger partial charge in [0.05, 0.1) is 24.4 Å². The number of rotatable bonds is 12. The Bertz CT molecular complexity index is 1030. The lowest BCUT2D eigenvalue weighted by atomic mass is 9.93. The molecular weight excluding hydrogens is 430 g/mol. The number of hydrogen-bond donors (Lipinski definition) is 2. The predicted octanol–water partition coefficient (Wildman–Crippen LogP) is 4.90. The monoisotopic (exact) mass is 467 g/mol. The Morgan fingerprint density at radius 3 is 2.73 bits per heavy atom. The molecule has 1 atom stereocenters. The molecule has 0 fully saturated rings. The number of benzene rings is 1. The normalized spacial score (nSPS) is 12.9. The van der Waals surface area contributed by atoms with E-state index >= 15 is 0 Å². The van der Waals surface area contributed by atoms with Crippen molar-refractivity contribution >= 4 is 39.9 Å². The number of nitrogens with two attached hydrogens (primary N) is 1. The molecule has 0 amide bonds. The van der Waals surface area contributed by atoms with Crippen LogP contribution in [0.1, 0.15) is 42.7 Å². The highest BCUT2D eigenvalue weighted by atomic mass is 32.1. The number of allylic oxidation sites excluding steroid dienone is 3. The molecule has 0 aliphatic heterocycles. The van der Waals surface area contributed by atoms with E-state index in [1.54, 1.807) is 0 Å². The van der Waals surface area contributed by atoms with Crippen LogP contribution in [0, 0.1) is 12.8 Å². The third-order valence-corrected chi connectivity index (χ3v) is 6.08. The molecule has 2 aromatic rings. The van der Waals surface area contributed by atoms with Crippen molar-refractivity contribution in [2.24, 2.45) is 11.7 Å². The molecule has 0 bridgehead atoms. The number of thiocarbonyl (C=S) groups is 1. The maximum atomic E-state index is 8.88. The molecule has 1 heterocycles. The van der Waals surface area contributed by atoms with E-state index < -0.39 is 0 Å². The summed E-state index contributed by atoms with van der Waals surface area (Å²) in [7, 11) is 1.88. The molecular formula is C27H37N3O2S. The Morgan fingerprint density at radius 1 is 1.33 bits per heavy atom. The van der Waals surface area contributed by atoms with Crippen molar-refractivity contribution in [1.29, 1.82) is 0 Å². The SMILES string of the molecule is C=CC(C)/C(=C\C)c1cc(/C=C\CN(C)C(N)=S)c2cc(CCCOCCO)c(C)cc2n1. The lowest BCUT2D eigenvalue weighted by Gasteiger charge is -2.16. The Morgan fingerprint density at radius 2 is 2.09 bits per heavy atom. The van der Waals surface area contributed by atoms with E-state index in [-0.39, 0.29) is 12.5 Å². The minimum atomic E-state index is 0.0570. The quantitative estimate of drug-likeness (QED) is 0.263. The van der Waals surface area contributed by atoms with Gasteiger partial charge in [-0.2, -0.15) is 0 Å². The largest absolute Gasteiger partial charge is 0.394 e. The summed E-state index contributed by atoms with van der Waals surface area (Å²) in [5.41, 5.74) is 12.4. The second-order valence-corrected chi connectivity index (χ2v) is 8.64. The van der Waals surface area contributed by atoms with Gasteiger partial charge in [0.25, 0.3) is 0 Å². The van der Waals surface area contributed by atoms with Crippen LogP contribution in [-0.4, -0.2) is 53.5 Å². The van der Waals surface area contributed by atoms with Crippen LogP contribution in [-0.2, 0) is 11.2 Å². The van der Waals surface area contributed by atoms with E-state index in [9.17, 15) is 0 Å². The van der Waals surface area contributed by atoms with Crippen molar-refractivity contribution in [3.8, 4) is 0 Å². The van der Waals surface area contributed by atoms with Crippen molar-refractivity contribution < 1.29 is 9.84 Å². The van der Waals surface area contributed by atoms with Gasteiger partial charge in [0.15, 0.2) is 5.11 Å². The molecule has 1 aromatic heterocycles. The number of ether oxygens (including phenoxy) is 1. The van der Waals surface area contributed by atoms with E-state index in [1.807, 2.05) is 24.9 Å². The van der Waals surface area contributed by atoms with Crippen molar-refractivity contribution in [3.63, 3.8) is 0 Å². The lowest BCUT2D eigenvalue weighted by molar-refractivity contribution is 0.0909. The standard InChI is InChI=1S/C27H37N3O2S/c1-6-19(3)23(7-2)26-18-22(10-8-12-30(5)27(28)33)24-17-21(11-9-14-32-15-13-31)20(4)16-25(24)29-26/h6-8,10,16-19,31H,1,9,11-15H2,2-5H3,(H2,28,33)/b10-8-,23-7+. The Kier molecular flexibility index (Phi) is 10.7. The Balaban J connectivity index is 2.49. The molecule has 0 radical (unpaired) electrons. The summed E-state index contributed by atoms with van der Waals surface area (Å²) in [6.07, 6.45) is 10.1. The number of fused-ring (bicyclic) bond motifs is 1. The van der Waals surface area contributed by atoms with Gasteiger partial charge < -0.3 is 20.5 Å². The number of aliphatic hydroxyl groups excluding tert-OH is 1. The van der Waals surface area contributed by atoms with Gasteiger partial charge in [0.1, 0.15) is 0 Å². The number of hydrogen-bond acceptors (Lipinski definition) is 4. The zero-order valence-electron chi connectivity index (χ0n) is 20.3. The summed E-state index contributed by atoms with van der Waals surface area (Å²) in [4.78, 5) is 6.85. The number of aromatic nitrogens is 1. The third-order valence-electron chi connectivity index (χ3n) is 5.77. The maximum Gasteiger partial charge on any atom is 0.166 e. The first-order valence-electron chi connectivity index (χ1n) is 11.4. The number of aliphatic hydroxyl groups is 1. The topological polar surface area (TPSA) is 71.6 Å². The van der Waals surface area contributed by atoms with Crippen LogP contribution in [0.4, 0.5) is 0 Å². The van der Waals surface area contributed by atoms with E-state index in [2.05, 4.69) is 56.9 Å². The fourth-order valence-corrected chi connectivity index (χ4v) is 3.81. The van der Waals surface area contributed by atoms with Crippen molar-refractivity contribution in [2.75, 3.05) is 33.4 Å². The first-order chi connectivity index (χ1) is 15.8. The number of aryl methyl sites for hydroxylation is 2. The van der Waals surface area contributed by atoms with Gasteiger partial charge in [-0.1, -0.05) is 31.2 Å². The molecule has 33 heavy (non-hydrogen) atoms. The van der Waals surface area contributed by atoms with Gasteiger partial charge in [-0.25, -0.2) is 4.98 Å². The first-order valence-corrected chi connectivity index (χ1v) is 11.8. The molecule has 3 N–H and O–H groups in total. The second kappa shape index (κ2) is 13.2. The molecule has 1 aromatic carbocycles. The molecule has 0 aliphatic carbocycles. The van der Waals surface area contributed by atoms with Crippen molar-refractivity contribution in [2.45, 2.75) is 33.6 Å². The van der Waals surface area contributed by atoms with Gasteiger partial charge in [0.2, 0.25) is 0 Å². The predicted molar refractivity (Wildman–Crippen MR) is 144 cm³/mol. The summed E-state index contributed by atoms with van der Waals surface area (Å²) in [6.45, 7) is 12.0. The minimum Gasteiger partial charge on any atom is -0.394 e. The lowest BCUT2D eigenvalue weighted by Crippen LogP contribution is -2.31. The van der Waals surface area contributed by atoms with Crippen molar-refractivity contribution in [3.05, 3.63) is 65.4 Å². The first kappa shape index (κ1) is 26.7. The van der Waals surface area contributed by atoms with Crippen LogP contribution in [0.2, 0.25) is 0 Å². The number of likely N-dealkylation sites (N-methyl/N-ethyl adjacent to an activating group) is 1. The molecule has 5 nitrogen and oxygen atoms in total. The van der Waals surface area contributed by atoms with Crippen LogP contribution < -0.4 is 5.73 Å².